The van der Waals surface area contributed by atoms with Crippen LogP contribution in [0.25, 0.3) is 21.8 Å². The van der Waals surface area contributed by atoms with Crippen molar-refractivity contribution in [3.63, 3.8) is 0 Å². The van der Waals surface area contributed by atoms with E-state index in [0.717, 1.165) is 13.0 Å². The van der Waals surface area contributed by atoms with Gasteiger partial charge in [0, 0.05) is 34.9 Å². The van der Waals surface area contributed by atoms with E-state index < -0.39 is 0 Å². The molecule has 1 aromatic carbocycles. The Balaban J connectivity index is 2.40. The second-order valence-electron chi connectivity index (χ2n) is 4.91. The van der Waals surface area contributed by atoms with Gasteiger partial charge in [-0.05, 0) is 25.5 Å². The zero-order valence-electron chi connectivity index (χ0n) is 10.1. The molecule has 3 heterocycles. The summed E-state index contributed by atoms with van der Waals surface area (Å²) in [7, 11) is 0. The highest BCUT2D eigenvalue weighted by Gasteiger charge is 2.22. The van der Waals surface area contributed by atoms with Crippen LogP contribution >= 0.6 is 0 Å². The molecule has 4 rings (SSSR count). The minimum Gasteiger partial charge on any atom is -0.339 e. The van der Waals surface area contributed by atoms with Crippen LogP contribution in [0.4, 0.5) is 0 Å². The quantitative estimate of drug-likeness (QED) is 0.570. The fraction of sp³-hybridized carbons (Fsp3) is 0.267. The molecule has 2 heteroatoms. The lowest BCUT2D eigenvalue weighted by atomic mass is 10.1. The summed E-state index contributed by atoms with van der Waals surface area (Å²) in [6, 6.07) is 8.70. The van der Waals surface area contributed by atoms with Gasteiger partial charge in [-0.3, -0.25) is 4.98 Å². The predicted molar refractivity (Wildman–Crippen MR) is 70.4 cm³/mol. The first kappa shape index (κ1) is 9.23. The van der Waals surface area contributed by atoms with Crippen LogP contribution in [0, 0.1) is 13.8 Å². The maximum atomic E-state index is 4.75. The van der Waals surface area contributed by atoms with Crippen molar-refractivity contribution in [3.05, 3.63) is 41.2 Å². The highest BCUT2D eigenvalue weighted by molar-refractivity contribution is 6.11. The van der Waals surface area contributed by atoms with Crippen LogP contribution in [-0.4, -0.2) is 9.55 Å². The van der Waals surface area contributed by atoms with E-state index in [4.69, 9.17) is 4.98 Å². The minimum absolute atomic E-state index is 1.08. The number of rotatable bonds is 0. The molecule has 0 aliphatic carbocycles. The predicted octanol–water partition coefficient (Wildman–Crippen LogP) is 3.36. The molecule has 0 bridgehead atoms. The topological polar surface area (TPSA) is 17.8 Å². The molecule has 0 unspecified atom stereocenters. The molecule has 0 fully saturated rings. The van der Waals surface area contributed by atoms with E-state index in [-0.39, 0.29) is 0 Å². The van der Waals surface area contributed by atoms with E-state index in [1.54, 1.807) is 0 Å². The lowest BCUT2D eigenvalue weighted by Crippen LogP contribution is -1.93. The molecule has 17 heavy (non-hydrogen) atoms. The Hall–Kier alpha value is -1.83. The first-order chi connectivity index (χ1) is 8.27. The second-order valence-corrected chi connectivity index (χ2v) is 4.91. The summed E-state index contributed by atoms with van der Waals surface area (Å²) in [6.07, 6.45) is 1.08. The van der Waals surface area contributed by atoms with Crippen molar-refractivity contribution >= 4 is 21.8 Å². The molecule has 1 aliphatic heterocycles. The van der Waals surface area contributed by atoms with E-state index in [9.17, 15) is 0 Å². The number of pyridine rings is 1. The molecule has 2 nitrogen and oxygen atoms in total. The van der Waals surface area contributed by atoms with Crippen molar-refractivity contribution in [2.75, 3.05) is 0 Å². The Labute approximate surface area is 99.9 Å². The summed E-state index contributed by atoms with van der Waals surface area (Å²) in [5, 5.41) is 2.80. The van der Waals surface area contributed by atoms with Crippen molar-refractivity contribution in [2.24, 2.45) is 0 Å². The van der Waals surface area contributed by atoms with Gasteiger partial charge in [0.25, 0.3) is 0 Å². The van der Waals surface area contributed by atoms with Gasteiger partial charge in [-0.2, -0.15) is 0 Å². The van der Waals surface area contributed by atoms with Crippen LogP contribution in [0.2, 0.25) is 0 Å². The second kappa shape index (κ2) is 2.89. The molecule has 0 spiro atoms. The summed E-state index contributed by atoms with van der Waals surface area (Å²) < 4.78 is 2.43. The van der Waals surface area contributed by atoms with Gasteiger partial charge in [0.1, 0.15) is 0 Å². The molecule has 0 saturated carbocycles. The average molecular weight is 222 g/mol. The number of para-hydroxylation sites is 1. The van der Waals surface area contributed by atoms with Gasteiger partial charge >= 0.3 is 0 Å². The summed E-state index contributed by atoms with van der Waals surface area (Å²) in [5.74, 6) is 0. The molecular formula is C15H14N2. The van der Waals surface area contributed by atoms with Crippen LogP contribution in [0.15, 0.2) is 24.3 Å². The smallest absolute Gasteiger partial charge is 0.0714 e. The van der Waals surface area contributed by atoms with E-state index in [2.05, 4.69) is 42.7 Å². The average Bonchev–Trinajstić information content (AvgIpc) is 2.87. The zero-order valence-corrected chi connectivity index (χ0v) is 10.1. The summed E-state index contributed by atoms with van der Waals surface area (Å²) in [5.41, 5.74) is 6.52. The third-order valence-electron chi connectivity index (χ3n) is 4.04. The minimum atomic E-state index is 1.08. The molecule has 2 aromatic heterocycles. The number of aryl methyl sites for hydroxylation is 4. The molecular weight excluding hydrogens is 208 g/mol. The van der Waals surface area contributed by atoms with Crippen molar-refractivity contribution in [1.29, 1.82) is 0 Å². The molecule has 0 N–H and O–H groups in total. The fourth-order valence-corrected chi connectivity index (χ4v) is 3.13. The molecule has 84 valence electrons. The molecule has 1 aliphatic rings. The Morgan fingerprint density at radius 3 is 2.88 bits per heavy atom. The Bertz CT molecular complexity index is 766. The van der Waals surface area contributed by atoms with Crippen molar-refractivity contribution < 1.29 is 0 Å². The van der Waals surface area contributed by atoms with E-state index >= 15 is 0 Å². The molecule has 0 atom stereocenters. The first-order valence-electron chi connectivity index (χ1n) is 6.14. The van der Waals surface area contributed by atoms with Crippen molar-refractivity contribution in [2.45, 2.75) is 26.8 Å². The number of hydrogen-bond acceptors (Lipinski definition) is 1. The van der Waals surface area contributed by atoms with Gasteiger partial charge in [0.2, 0.25) is 0 Å². The number of aromatic nitrogens is 2. The lowest BCUT2D eigenvalue weighted by Gasteiger charge is -2.04. The monoisotopic (exact) mass is 222 g/mol. The van der Waals surface area contributed by atoms with Crippen molar-refractivity contribution in [3.8, 4) is 0 Å². The van der Waals surface area contributed by atoms with Gasteiger partial charge in [0.15, 0.2) is 0 Å². The Morgan fingerprint density at radius 1 is 1.18 bits per heavy atom. The highest BCUT2D eigenvalue weighted by atomic mass is 15.0. The number of hydrogen-bond donors (Lipinski definition) is 0. The molecule has 0 saturated heterocycles. The largest absolute Gasteiger partial charge is 0.339 e. The van der Waals surface area contributed by atoms with Crippen LogP contribution in [0.5, 0.6) is 0 Å². The van der Waals surface area contributed by atoms with Crippen molar-refractivity contribution in [1.82, 2.24) is 9.55 Å². The zero-order chi connectivity index (χ0) is 11.6. The molecule has 3 aromatic rings. The van der Waals surface area contributed by atoms with Crippen LogP contribution < -0.4 is 0 Å². The number of fused-ring (bicyclic) bond motifs is 3. The van der Waals surface area contributed by atoms with E-state index in [0.29, 0.717) is 0 Å². The summed E-state index contributed by atoms with van der Waals surface area (Å²) in [4.78, 5) is 4.75. The van der Waals surface area contributed by atoms with Crippen LogP contribution in [0.1, 0.15) is 17.0 Å². The summed E-state index contributed by atoms with van der Waals surface area (Å²) >= 11 is 0. The van der Waals surface area contributed by atoms with Gasteiger partial charge in [-0.25, -0.2) is 0 Å². The summed E-state index contributed by atoms with van der Waals surface area (Å²) in [6.45, 7) is 5.39. The van der Waals surface area contributed by atoms with Gasteiger partial charge in [-0.15, -0.1) is 0 Å². The van der Waals surface area contributed by atoms with E-state index in [1.807, 2.05) is 0 Å². The molecule has 0 radical (unpaired) electrons. The number of benzene rings is 1. The fourth-order valence-electron chi connectivity index (χ4n) is 3.13. The van der Waals surface area contributed by atoms with E-state index in [1.165, 1.54) is 38.8 Å². The van der Waals surface area contributed by atoms with Gasteiger partial charge in [-0.1, -0.05) is 18.2 Å². The third-order valence-corrected chi connectivity index (χ3v) is 4.04. The Morgan fingerprint density at radius 2 is 2.00 bits per heavy atom. The van der Waals surface area contributed by atoms with Crippen LogP contribution in [0.3, 0.4) is 0 Å². The standard InChI is InChI=1S/C15H14N2/c1-9-10(2)16-12-7-8-17-13-6-4-3-5-11(13)14(9)15(12)17/h3-6H,7-8H2,1-2H3. The number of nitrogens with zero attached hydrogens (tertiary/aromatic N) is 2. The highest BCUT2D eigenvalue weighted by Crippen LogP contribution is 2.37. The maximum Gasteiger partial charge on any atom is 0.0714 e. The maximum absolute atomic E-state index is 4.75. The van der Waals surface area contributed by atoms with Gasteiger partial charge < -0.3 is 4.57 Å². The normalized spacial score (nSPS) is 14.0. The van der Waals surface area contributed by atoms with Crippen LogP contribution in [-0.2, 0) is 13.0 Å². The first-order valence-corrected chi connectivity index (χ1v) is 6.14. The van der Waals surface area contributed by atoms with Gasteiger partial charge in [0.05, 0.1) is 11.2 Å². The third kappa shape index (κ3) is 0.985. The Kier molecular flexibility index (Phi) is 1.57. The lowest BCUT2D eigenvalue weighted by molar-refractivity contribution is 0.786. The SMILES string of the molecule is Cc1nc2c3c(c1C)c1ccccc1n3CC2. The molecule has 0 amide bonds.